The molecule has 1 aromatic rings. The molecular weight excluding hydrogens is 278 g/mol. The SMILES string of the molecule is C#CCSCCNc1nc(C(C)(C)C)nc(Cl)c1C. The molecule has 0 fully saturated rings. The van der Waals surface area contributed by atoms with Crippen LogP contribution in [-0.2, 0) is 5.41 Å². The topological polar surface area (TPSA) is 37.8 Å². The lowest BCUT2D eigenvalue weighted by Crippen LogP contribution is -2.19. The van der Waals surface area contributed by atoms with E-state index in [2.05, 4.69) is 42.0 Å². The Hall–Kier alpha value is -0.920. The summed E-state index contributed by atoms with van der Waals surface area (Å²) in [5, 5.41) is 3.81. The van der Waals surface area contributed by atoms with E-state index in [1.165, 1.54) is 0 Å². The highest BCUT2D eigenvalue weighted by Gasteiger charge is 2.20. The van der Waals surface area contributed by atoms with Crippen molar-refractivity contribution in [2.45, 2.75) is 33.1 Å². The maximum Gasteiger partial charge on any atom is 0.137 e. The predicted octanol–water partition coefficient (Wildman–Crippen LogP) is 3.51. The van der Waals surface area contributed by atoms with E-state index in [4.69, 9.17) is 18.0 Å². The van der Waals surface area contributed by atoms with Crippen molar-refractivity contribution >= 4 is 29.2 Å². The molecule has 1 aromatic heterocycles. The van der Waals surface area contributed by atoms with Gasteiger partial charge in [-0.05, 0) is 6.92 Å². The lowest BCUT2D eigenvalue weighted by atomic mass is 9.95. The van der Waals surface area contributed by atoms with Crippen molar-refractivity contribution in [3.05, 3.63) is 16.5 Å². The van der Waals surface area contributed by atoms with Gasteiger partial charge in [0.25, 0.3) is 0 Å². The van der Waals surface area contributed by atoms with Crippen molar-refractivity contribution in [2.75, 3.05) is 23.4 Å². The summed E-state index contributed by atoms with van der Waals surface area (Å²) in [5.41, 5.74) is 0.767. The molecular formula is C14H20ClN3S. The second-order valence-corrected chi connectivity index (χ2v) is 6.71. The standard InChI is InChI=1S/C14H20ClN3S/c1-6-8-19-9-7-16-12-10(2)11(15)17-13(18-12)14(3,4)5/h1H,7-9H2,2-5H3,(H,16,17,18). The van der Waals surface area contributed by atoms with Gasteiger partial charge in [0.1, 0.15) is 16.8 Å². The van der Waals surface area contributed by atoms with Crippen LogP contribution in [0.5, 0.6) is 0 Å². The smallest absolute Gasteiger partial charge is 0.137 e. The zero-order valence-corrected chi connectivity index (χ0v) is 13.5. The van der Waals surface area contributed by atoms with Gasteiger partial charge in [-0.3, -0.25) is 0 Å². The van der Waals surface area contributed by atoms with E-state index in [1.807, 2.05) is 6.92 Å². The molecule has 1 N–H and O–H groups in total. The van der Waals surface area contributed by atoms with Crippen LogP contribution in [-0.4, -0.2) is 28.0 Å². The molecule has 0 amide bonds. The van der Waals surface area contributed by atoms with Gasteiger partial charge in [0.2, 0.25) is 0 Å². The van der Waals surface area contributed by atoms with Gasteiger partial charge in [-0.2, -0.15) is 0 Å². The highest BCUT2D eigenvalue weighted by molar-refractivity contribution is 7.99. The number of rotatable bonds is 5. The molecule has 0 bridgehead atoms. The van der Waals surface area contributed by atoms with Gasteiger partial charge in [-0.25, -0.2) is 9.97 Å². The van der Waals surface area contributed by atoms with Crippen LogP contribution in [0, 0.1) is 19.3 Å². The predicted molar refractivity (Wildman–Crippen MR) is 85.1 cm³/mol. The molecule has 1 rings (SSSR count). The number of hydrogen-bond donors (Lipinski definition) is 1. The first-order valence-corrected chi connectivity index (χ1v) is 7.69. The van der Waals surface area contributed by atoms with Crippen LogP contribution in [0.1, 0.15) is 32.2 Å². The van der Waals surface area contributed by atoms with Gasteiger partial charge in [-0.1, -0.05) is 38.3 Å². The number of nitrogens with one attached hydrogen (secondary N) is 1. The summed E-state index contributed by atoms with van der Waals surface area (Å²) >= 11 is 7.88. The summed E-state index contributed by atoms with van der Waals surface area (Å²) in [6.07, 6.45) is 5.20. The van der Waals surface area contributed by atoms with Crippen LogP contribution >= 0.6 is 23.4 Å². The Bertz CT molecular complexity index is 475. The van der Waals surface area contributed by atoms with E-state index in [0.717, 1.165) is 35.3 Å². The second-order valence-electron chi connectivity index (χ2n) is 5.25. The molecule has 5 heteroatoms. The Morgan fingerprint density at radius 3 is 2.63 bits per heavy atom. The fourth-order valence-electron chi connectivity index (χ4n) is 1.37. The number of aromatic nitrogens is 2. The fraction of sp³-hybridized carbons (Fsp3) is 0.571. The van der Waals surface area contributed by atoms with Gasteiger partial charge < -0.3 is 5.32 Å². The van der Waals surface area contributed by atoms with Crippen LogP contribution in [0.2, 0.25) is 5.15 Å². The Morgan fingerprint density at radius 1 is 1.37 bits per heavy atom. The second kappa shape index (κ2) is 7.02. The first kappa shape index (κ1) is 16.1. The first-order valence-electron chi connectivity index (χ1n) is 6.16. The number of anilines is 1. The van der Waals surface area contributed by atoms with Crippen LogP contribution < -0.4 is 5.32 Å². The lowest BCUT2D eigenvalue weighted by molar-refractivity contribution is 0.545. The first-order chi connectivity index (χ1) is 8.86. The molecule has 0 radical (unpaired) electrons. The highest BCUT2D eigenvalue weighted by atomic mass is 35.5. The highest BCUT2D eigenvalue weighted by Crippen LogP contribution is 2.25. The maximum absolute atomic E-state index is 6.16. The molecule has 1 heterocycles. The summed E-state index contributed by atoms with van der Waals surface area (Å²) in [6, 6.07) is 0. The van der Waals surface area contributed by atoms with Gasteiger partial charge in [0.15, 0.2) is 0 Å². The minimum Gasteiger partial charge on any atom is -0.369 e. The number of halogens is 1. The quantitative estimate of drug-likeness (QED) is 0.513. The van der Waals surface area contributed by atoms with Crippen molar-refractivity contribution in [3.63, 3.8) is 0 Å². The lowest BCUT2D eigenvalue weighted by Gasteiger charge is -2.19. The Morgan fingerprint density at radius 2 is 2.05 bits per heavy atom. The molecule has 0 unspecified atom stereocenters. The monoisotopic (exact) mass is 297 g/mol. The van der Waals surface area contributed by atoms with Crippen LogP contribution in [0.3, 0.4) is 0 Å². The molecule has 0 aliphatic rings. The minimum absolute atomic E-state index is 0.119. The summed E-state index contributed by atoms with van der Waals surface area (Å²) in [6.45, 7) is 8.94. The number of terminal acetylenes is 1. The van der Waals surface area contributed by atoms with E-state index in [-0.39, 0.29) is 5.41 Å². The van der Waals surface area contributed by atoms with E-state index >= 15 is 0 Å². The Kier molecular flexibility index (Phi) is 5.96. The van der Waals surface area contributed by atoms with Crippen LogP contribution in [0.25, 0.3) is 0 Å². The fourth-order valence-corrected chi connectivity index (χ4v) is 2.05. The summed E-state index contributed by atoms with van der Waals surface area (Å²) in [7, 11) is 0. The van der Waals surface area contributed by atoms with E-state index in [9.17, 15) is 0 Å². The molecule has 0 spiro atoms. The van der Waals surface area contributed by atoms with E-state index in [0.29, 0.717) is 5.15 Å². The van der Waals surface area contributed by atoms with Crippen LogP contribution in [0.15, 0.2) is 0 Å². The minimum atomic E-state index is -0.119. The Labute approximate surface area is 124 Å². The van der Waals surface area contributed by atoms with E-state index in [1.54, 1.807) is 11.8 Å². The van der Waals surface area contributed by atoms with Crippen molar-refractivity contribution in [1.82, 2.24) is 9.97 Å². The van der Waals surface area contributed by atoms with Gasteiger partial charge in [0, 0.05) is 23.3 Å². The third-order valence-electron chi connectivity index (χ3n) is 2.48. The average molecular weight is 298 g/mol. The molecule has 0 aliphatic heterocycles. The third kappa shape index (κ3) is 4.93. The number of nitrogens with zero attached hydrogens (tertiary/aromatic N) is 2. The summed E-state index contributed by atoms with van der Waals surface area (Å²) in [5.74, 6) is 5.84. The molecule has 0 aliphatic carbocycles. The van der Waals surface area contributed by atoms with Gasteiger partial charge in [-0.15, -0.1) is 18.2 Å². The number of hydrogen-bond acceptors (Lipinski definition) is 4. The molecule has 19 heavy (non-hydrogen) atoms. The van der Waals surface area contributed by atoms with Crippen molar-refractivity contribution in [2.24, 2.45) is 0 Å². The molecule has 104 valence electrons. The maximum atomic E-state index is 6.16. The van der Waals surface area contributed by atoms with E-state index < -0.39 is 0 Å². The summed E-state index contributed by atoms with van der Waals surface area (Å²) in [4.78, 5) is 8.91. The average Bonchev–Trinajstić information content (AvgIpc) is 2.32. The largest absolute Gasteiger partial charge is 0.369 e. The molecule has 0 atom stereocenters. The molecule has 3 nitrogen and oxygen atoms in total. The van der Waals surface area contributed by atoms with Crippen molar-refractivity contribution < 1.29 is 0 Å². The normalized spacial score (nSPS) is 11.2. The Balaban J connectivity index is 2.77. The van der Waals surface area contributed by atoms with Crippen LogP contribution in [0.4, 0.5) is 5.82 Å². The molecule has 0 aromatic carbocycles. The zero-order valence-electron chi connectivity index (χ0n) is 11.9. The summed E-state index contributed by atoms with van der Waals surface area (Å²) < 4.78 is 0. The number of thioether (sulfide) groups is 1. The third-order valence-corrected chi connectivity index (χ3v) is 3.71. The van der Waals surface area contributed by atoms with Gasteiger partial charge in [0.05, 0.1) is 5.75 Å². The molecule has 0 saturated heterocycles. The zero-order chi connectivity index (χ0) is 14.5. The van der Waals surface area contributed by atoms with Crippen molar-refractivity contribution in [3.8, 4) is 12.3 Å². The van der Waals surface area contributed by atoms with Gasteiger partial charge >= 0.3 is 0 Å². The molecule has 0 saturated carbocycles. The van der Waals surface area contributed by atoms with Crippen molar-refractivity contribution in [1.29, 1.82) is 0 Å².